The summed E-state index contributed by atoms with van der Waals surface area (Å²) in [6.45, 7) is 2.09. The number of carbonyl (C=O) groups excluding carboxylic acids is 1. The van der Waals surface area contributed by atoms with Crippen LogP contribution in [0.5, 0.6) is 11.5 Å². The summed E-state index contributed by atoms with van der Waals surface area (Å²) in [5, 5.41) is 2.57. The molecule has 0 aliphatic carbocycles. The lowest BCUT2D eigenvalue weighted by Gasteiger charge is -2.20. The number of hydrogen-bond donors (Lipinski definition) is 0. The number of para-hydroxylation sites is 1. The van der Waals surface area contributed by atoms with Gasteiger partial charge in [-0.05, 0) is 37.3 Å². The molecule has 0 unspecified atom stereocenters. The quantitative estimate of drug-likeness (QED) is 0.719. The molecule has 0 saturated carbocycles. The highest BCUT2D eigenvalue weighted by Crippen LogP contribution is 2.35. The van der Waals surface area contributed by atoms with Crippen LogP contribution in [-0.2, 0) is 0 Å². The predicted molar refractivity (Wildman–Crippen MR) is 92.3 cm³/mol. The monoisotopic (exact) mass is 338 g/mol. The number of nitrogens with zero attached hydrogens (tertiary/aromatic N) is 2. The van der Waals surface area contributed by atoms with Crippen LogP contribution in [0.15, 0.2) is 53.9 Å². The van der Waals surface area contributed by atoms with E-state index in [4.69, 9.17) is 9.47 Å². The zero-order valence-electron chi connectivity index (χ0n) is 12.9. The Labute approximate surface area is 143 Å². The molecule has 3 aromatic rings. The van der Waals surface area contributed by atoms with Gasteiger partial charge < -0.3 is 9.47 Å². The molecule has 0 saturated heterocycles. The molecule has 6 heteroatoms. The number of fused-ring (bicyclic) bond motifs is 1. The Morgan fingerprint density at radius 2 is 1.92 bits per heavy atom. The molecular formula is C18H14N2O3S. The molecule has 0 atom stereocenters. The number of amides is 1. The van der Waals surface area contributed by atoms with Gasteiger partial charge in [0.15, 0.2) is 16.6 Å². The van der Waals surface area contributed by atoms with Gasteiger partial charge in [-0.15, -0.1) is 11.3 Å². The minimum Gasteiger partial charge on any atom is -0.454 e. The average molecular weight is 338 g/mol. The van der Waals surface area contributed by atoms with Gasteiger partial charge in [0.2, 0.25) is 6.79 Å². The second-order valence-electron chi connectivity index (χ2n) is 5.32. The van der Waals surface area contributed by atoms with Gasteiger partial charge in [-0.1, -0.05) is 18.2 Å². The van der Waals surface area contributed by atoms with Crippen molar-refractivity contribution >= 4 is 28.1 Å². The van der Waals surface area contributed by atoms with E-state index in [1.54, 1.807) is 23.1 Å². The Morgan fingerprint density at radius 3 is 2.67 bits per heavy atom. The molecular weight excluding hydrogens is 324 g/mol. The summed E-state index contributed by atoms with van der Waals surface area (Å²) in [7, 11) is 0. The fourth-order valence-electron chi connectivity index (χ4n) is 2.49. The van der Waals surface area contributed by atoms with Crippen LogP contribution in [0.25, 0.3) is 0 Å². The first-order valence-corrected chi connectivity index (χ1v) is 8.31. The Hall–Kier alpha value is -2.86. The molecule has 2 heterocycles. The molecule has 0 bridgehead atoms. The molecule has 1 aromatic heterocycles. The van der Waals surface area contributed by atoms with Gasteiger partial charge in [0, 0.05) is 10.9 Å². The van der Waals surface area contributed by atoms with Crippen LogP contribution < -0.4 is 14.4 Å². The summed E-state index contributed by atoms with van der Waals surface area (Å²) < 4.78 is 10.7. The Morgan fingerprint density at radius 1 is 1.12 bits per heavy atom. The van der Waals surface area contributed by atoms with Crippen molar-refractivity contribution in [2.45, 2.75) is 6.92 Å². The van der Waals surface area contributed by atoms with Crippen molar-refractivity contribution in [1.82, 2.24) is 4.98 Å². The summed E-state index contributed by atoms with van der Waals surface area (Å²) >= 11 is 1.44. The SMILES string of the molecule is Cc1csc(N(C(=O)c2ccc3c(c2)OCO3)c2ccccc2)n1. The van der Waals surface area contributed by atoms with Crippen LogP contribution in [0.2, 0.25) is 0 Å². The van der Waals surface area contributed by atoms with E-state index in [0.717, 1.165) is 11.4 Å². The zero-order chi connectivity index (χ0) is 16.5. The number of benzene rings is 2. The average Bonchev–Trinajstić information content (AvgIpc) is 3.24. The van der Waals surface area contributed by atoms with Gasteiger partial charge in [-0.25, -0.2) is 4.98 Å². The fraction of sp³-hybridized carbons (Fsp3) is 0.111. The summed E-state index contributed by atoms with van der Waals surface area (Å²) in [5.41, 5.74) is 2.18. The molecule has 0 radical (unpaired) electrons. The van der Waals surface area contributed by atoms with Crippen molar-refractivity contribution in [3.05, 3.63) is 65.2 Å². The summed E-state index contributed by atoms with van der Waals surface area (Å²) in [5.74, 6) is 1.08. The number of ether oxygens (including phenoxy) is 2. The molecule has 0 N–H and O–H groups in total. The lowest BCUT2D eigenvalue weighted by Crippen LogP contribution is -2.25. The van der Waals surface area contributed by atoms with Gasteiger partial charge >= 0.3 is 0 Å². The van der Waals surface area contributed by atoms with E-state index in [2.05, 4.69) is 4.98 Å². The van der Waals surface area contributed by atoms with E-state index >= 15 is 0 Å². The second-order valence-corrected chi connectivity index (χ2v) is 6.15. The molecule has 1 amide bonds. The van der Waals surface area contributed by atoms with E-state index in [1.165, 1.54) is 11.3 Å². The largest absolute Gasteiger partial charge is 0.454 e. The molecule has 0 fully saturated rings. The first kappa shape index (κ1) is 14.7. The van der Waals surface area contributed by atoms with Crippen LogP contribution in [0.1, 0.15) is 16.1 Å². The fourth-order valence-corrected chi connectivity index (χ4v) is 3.31. The van der Waals surface area contributed by atoms with Crippen molar-refractivity contribution in [3.8, 4) is 11.5 Å². The lowest BCUT2D eigenvalue weighted by atomic mass is 10.1. The Balaban J connectivity index is 1.77. The van der Waals surface area contributed by atoms with E-state index < -0.39 is 0 Å². The molecule has 5 nitrogen and oxygen atoms in total. The van der Waals surface area contributed by atoms with Gasteiger partial charge in [-0.3, -0.25) is 9.69 Å². The maximum atomic E-state index is 13.2. The topological polar surface area (TPSA) is 51.7 Å². The number of thiazole rings is 1. The van der Waals surface area contributed by atoms with Crippen LogP contribution in [0.4, 0.5) is 10.8 Å². The molecule has 1 aliphatic heterocycles. The summed E-state index contributed by atoms with van der Waals surface area (Å²) in [4.78, 5) is 19.2. The van der Waals surface area contributed by atoms with E-state index in [0.29, 0.717) is 22.2 Å². The van der Waals surface area contributed by atoms with Crippen LogP contribution in [-0.4, -0.2) is 17.7 Å². The predicted octanol–water partition coefficient (Wildman–Crippen LogP) is 4.16. The lowest BCUT2D eigenvalue weighted by molar-refractivity contribution is 0.0999. The highest BCUT2D eigenvalue weighted by atomic mass is 32.1. The Kier molecular flexibility index (Phi) is 3.66. The third-order valence-corrected chi connectivity index (χ3v) is 4.58. The minimum atomic E-state index is -0.158. The molecule has 24 heavy (non-hydrogen) atoms. The number of hydrogen-bond acceptors (Lipinski definition) is 5. The van der Waals surface area contributed by atoms with Crippen LogP contribution in [0, 0.1) is 6.92 Å². The maximum absolute atomic E-state index is 13.2. The molecule has 1 aliphatic rings. The van der Waals surface area contributed by atoms with E-state index in [1.807, 2.05) is 42.6 Å². The highest BCUT2D eigenvalue weighted by Gasteiger charge is 2.24. The number of aromatic nitrogens is 1. The van der Waals surface area contributed by atoms with Crippen LogP contribution in [0.3, 0.4) is 0 Å². The van der Waals surface area contributed by atoms with Crippen molar-refractivity contribution in [2.75, 3.05) is 11.7 Å². The molecule has 4 rings (SSSR count). The van der Waals surface area contributed by atoms with E-state index in [9.17, 15) is 4.79 Å². The van der Waals surface area contributed by atoms with Crippen molar-refractivity contribution in [3.63, 3.8) is 0 Å². The summed E-state index contributed by atoms with van der Waals surface area (Å²) in [6.07, 6.45) is 0. The first-order chi connectivity index (χ1) is 11.7. The van der Waals surface area contributed by atoms with E-state index in [-0.39, 0.29) is 12.7 Å². The number of anilines is 2. The third kappa shape index (κ3) is 2.61. The normalized spacial score (nSPS) is 12.2. The van der Waals surface area contributed by atoms with Gasteiger partial charge in [0.05, 0.1) is 11.4 Å². The number of carbonyl (C=O) groups is 1. The number of aryl methyl sites for hydroxylation is 1. The standard InChI is InChI=1S/C18H14N2O3S/c1-12-10-24-18(19-12)20(14-5-3-2-4-6-14)17(21)13-7-8-15-16(9-13)23-11-22-15/h2-10H,11H2,1H3. The summed E-state index contributed by atoms with van der Waals surface area (Å²) in [6, 6.07) is 14.7. The van der Waals surface area contributed by atoms with Crippen molar-refractivity contribution < 1.29 is 14.3 Å². The smallest absolute Gasteiger partial charge is 0.264 e. The Bertz CT molecular complexity index is 892. The second kappa shape index (κ2) is 5.98. The van der Waals surface area contributed by atoms with Crippen LogP contribution >= 0.6 is 11.3 Å². The maximum Gasteiger partial charge on any atom is 0.264 e. The van der Waals surface area contributed by atoms with Crippen molar-refractivity contribution in [1.29, 1.82) is 0 Å². The highest BCUT2D eigenvalue weighted by molar-refractivity contribution is 7.14. The minimum absolute atomic E-state index is 0.158. The van der Waals surface area contributed by atoms with Gasteiger partial charge in [0.1, 0.15) is 0 Å². The molecule has 0 spiro atoms. The van der Waals surface area contributed by atoms with Gasteiger partial charge in [-0.2, -0.15) is 0 Å². The molecule has 120 valence electrons. The molecule has 2 aromatic carbocycles. The zero-order valence-corrected chi connectivity index (χ0v) is 13.7. The number of rotatable bonds is 3. The third-order valence-electron chi connectivity index (χ3n) is 3.64. The first-order valence-electron chi connectivity index (χ1n) is 7.43. The van der Waals surface area contributed by atoms with Crippen molar-refractivity contribution in [2.24, 2.45) is 0 Å². The van der Waals surface area contributed by atoms with Gasteiger partial charge in [0.25, 0.3) is 5.91 Å².